The molecule has 0 atom stereocenters. The van der Waals surface area contributed by atoms with Crippen molar-refractivity contribution in [3.8, 4) is 0 Å². The average Bonchev–Trinajstić information content (AvgIpc) is 2.60. The van der Waals surface area contributed by atoms with Gasteiger partial charge < -0.3 is 4.74 Å². The van der Waals surface area contributed by atoms with Gasteiger partial charge in [0.15, 0.2) is 4.80 Å². The minimum atomic E-state index is -0.493. The molecule has 3 aromatic rings. The summed E-state index contributed by atoms with van der Waals surface area (Å²) in [6.07, 6.45) is 1.61. The predicted octanol–water partition coefficient (Wildman–Crippen LogP) is 2.91. The lowest BCUT2D eigenvalue weighted by atomic mass is 10.3. The summed E-state index contributed by atoms with van der Waals surface area (Å²) in [6, 6.07) is 10.2. The van der Waals surface area contributed by atoms with Gasteiger partial charge in [-0.05, 0) is 43.3 Å². The summed E-state index contributed by atoms with van der Waals surface area (Å²) in [4.78, 5) is 34.3. The van der Waals surface area contributed by atoms with Crippen molar-refractivity contribution >= 4 is 44.8 Å². The van der Waals surface area contributed by atoms with Crippen LogP contribution in [0, 0.1) is 0 Å². The van der Waals surface area contributed by atoms with E-state index in [2.05, 4.69) is 9.98 Å². The van der Waals surface area contributed by atoms with Crippen LogP contribution < -0.4 is 10.4 Å². The zero-order valence-electron chi connectivity index (χ0n) is 13.3. The van der Waals surface area contributed by atoms with E-state index in [0.717, 1.165) is 0 Å². The molecule has 0 amide bonds. The molecular formula is C17H14ClN3O3S. The van der Waals surface area contributed by atoms with Crippen molar-refractivity contribution in [1.82, 2.24) is 9.55 Å². The molecule has 0 N–H and O–H groups in total. The molecule has 6 nitrogen and oxygen atoms in total. The zero-order chi connectivity index (χ0) is 17.8. The lowest BCUT2D eigenvalue weighted by molar-refractivity contribution is -0.143. The first-order valence-electron chi connectivity index (χ1n) is 7.53. The zero-order valence-corrected chi connectivity index (χ0v) is 14.9. The Hall–Kier alpha value is -2.51. The number of esters is 1. The van der Waals surface area contributed by atoms with E-state index in [1.165, 1.54) is 15.9 Å². The SMILES string of the molecule is CCOC(=O)Cn1c(=Nc2ccc(Cl)cc2)sc2ncccc2c1=O. The third-order valence-electron chi connectivity index (χ3n) is 3.31. The smallest absolute Gasteiger partial charge is 0.326 e. The summed E-state index contributed by atoms with van der Waals surface area (Å²) in [5.41, 5.74) is 0.288. The lowest BCUT2D eigenvalue weighted by Crippen LogP contribution is -2.35. The molecule has 0 fully saturated rings. The first-order chi connectivity index (χ1) is 12.1. The van der Waals surface area contributed by atoms with Gasteiger partial charge >= 0.3 is 5.97 Å². The van der Waals surface area contributed by atoms with Gasteiger partial charge in [0.1, 0.15) is 11.4 Å². The molecule has 2 heterocycles. The summed E-state index contributed by atoms with van der Waals surface area (Å²) in [6.45, 7) is 1.75. The topological polar surface area (TPSA) is 73.6 Å². The van der Waals surface area contributed by atoms with Crippen molar-refractivity contribution < 1.29 is 9.53 Å². The Morgan fingerprint density at radius 3 is 2.80 bits per heavy atom. The van der Waals surface area contributed by atoms with E-state index in [4.69, 9.17) is 16.3 Å². The summed E-state index contributed by atoms with van der Waals surface area (Å²) in [5.74, 6) is -0.493. The molecule has 1 aromatic carbocycles. The van der Waals surface area contributed by atoms with E-state index in [-0.39, 0.29) is 18.7 Å². The average molecular weight is 376 g/mol. The van der Waals surface area contributed by atoms with Gasteiger partial charge in [0.25, 0.3) is 5.56 Å². The van der Waals surface area contributed by atoms with Crippen LogP contribution in [0.4, 0.5) is 5.69 Å². The van der Waals surface area contributed by atoms with Gasteiger partial charge in [-0.1, -0.05) is 22.9 Å². The first kappa shape index (κ1) is 17.3. The molecule has 0 unspecified atom stereocenters. The number of halogens is 1. The van der Waals surface area contributed by atoms with E-state index < -0.39 is 5.97 Å². The number of nitrogens with zero attached hydrogens (tertiary/aromatic N) is 3. The molecule has 0 aliphatic heterocycles. The fourth-order valence-corrected chi connectivity index (χ4v) is 3.28. The van der Waals surface area contributed by atoms with Crippen molar-refractivity contribution in [2.24, 2.45) is 4.99 Å². The molecule has 0 aliphatic carbocycles. The van der Waals surface area contributed by atoms with E-state index in [9.17, 15) is 9.59 Å². The van der Waals surface area contributed by atoms with E-state index in [1.54, 1.807) is 49.5 Å². The van der Waals surface area contributed by atoms with Crippen molar-refractivity contribution in [2.75, 3.05) is 6.61 Å². The molecule has 0 spiro atoms. The lowest BCUT2D eigenvalue weighted by Gasteiger charge is -2.07. The maximum absolute atomic E-state index is 12.8. The monoisotopic (exact) mass is 375 g/mol. The number of pyridine rings is 1. The second-order valence-corrected chi connectivity index (χ2v) is 6.42. The number of carbonyl (C=O) groups is 1. The fourth-order valence-electron chi connectivity index (χ4n) is 2.19. The Kier molecular flexibility index (Phi) is 5.25. The molecule has 8 heteroatoms. The summed E-state index contributed by atoms with van der Waals surface area (Å²) >= 11 is 7.12. The van der Waals surface area contributed by atoms with Gasteiger partial charge in [0, 0.05) is 11.2 Å². The van der Waals surface area contributed by atoms with Crippen LogP contribution in [-0.2, 0) is 16.1 Å². The predicted molar refractivity (Wildman–Crippen MR) is 97.2 cm³/mol. The highest BCUT2D eigenvalue weighted by atomic mass is 35.5. The van der Waals surface area contributed by atoms with Crippen molar-refractivity contribution in [3.05, 3.63) is 62.8 Å². The fraction of sp³-hybridized carbons (Fsp3) is 0.176. The van der Waals surface area contributed by atoms with Crippen LogP contribution in [-0.4, -0.2) is 22.1 Å². The Bertz CT molecular complexity index is 1040. The maximum Gasteiger partial charge on any atom is 0.326 e. The van der Waals surface area contributed by atoms with Crippen molar-refractivity contribution in [1.29, 1.82) is 0 Å². The van der Waals surface area contributed by atoms with Gasteiger partial charge in [-0.25, -0.2) is 9.98 Å². The van der Waals surface area contributed by atoms with E-state index >= 15 is 0 Å². The second-order valence-electron chi connectivity index (χ2n) is 5.03. The number of ether oxygens (including phenoxy) is 1. The number of aromatic nitrogens is 2. The molecule has 0 bridgehead atoms. The number of benzene rings is 1. The Morgan fingerprint density at radius 2 is 2.08 bits per heavy atom. The highest BCUT2D eigenvalue weighted by molar-refractivity contribution is 7.15. The van der Waals surface area contributed by atoms with E-state index in [0.29, 0.717) is 25.7 Å². The van der Waals surface area contributed by atoms with Gasteiger partial charge in [-0.2, -0.15) is 0 Å². The summed E-state index contributed by atoms with van der Waals surface area (Å²) < 4.78 is 6.27. The van der Waals surface area contributed by atoms with Gasteiger partial charge in [0.2, 0.25) is 0 Å². The van der Waals surface area contributed by atoms with Gasteiger partial charge in [0.05, 0.1) is 17.7 Å². The molecule has 0 saturated heterocycles. The minimum Gasteiger partial charge on any atom is -0.465 e. The van der Waals surface area contributed by atoms with Crippen molar-refractivity contribution in [3.63, 3.8) is 0 Å². The van der Waals surface area contributed by atoms with Gasteiger partial charge in [-0.3, -0.25) is 14.2 Å². The number of hydrogen-bond acceptors (Lipinski definition) is 6. The molecule has 0 radical (unpaired) electrons. The molecular weight excluding hydrogens is 362 g/mol. The number of hydrogen-bond donors (Lipinski definition) is 0. The highest BCUT2D eigenvalue weighted by Crippen LogP contribution is 2.16. The molecule has 2 aromatic heterocycles. The second kappa shape index (κ2) is 7.58. The maximum atomic E-state index is 12.8. The third kappa shape index (κ3) is 3.94. The largest absolute Gasteiger partial charge is 0.465 e. The highest BCUT2D eigenvalue weighted by Gasteiger charge is 2.12. The molecule has 3 rings (SSSR count). The summed E-state index contributed by atoms with van der Waals surface area (Å²) in [7, 11) is 0. The van der Waals surface area contributed by atoms with Crippen LogP contribution in [0.15, 0.2) is 52.4 Å². The first-order valence-corrected chi connectivity index (χ1v) is 8.72. The van der Waals surface area contributed by atoms with Crippen LogP contribution >= 0.6 is 22.9 Å². The minimum absolute atomic E-state index is 0.208. The van der Waals surface area contributed by atoms with Crippen LogP contribution in [0.2, 0.25) is 5.02 Å². The third-order valence-corrected chi connectivity index (χ3v) is 4.57. The standard InChI is InChI=1S/C17H14ClN3O3S/c1-2-24-14(22)10-21-16(23)13-4-3-9-19-15(13)25-17(21)20-12-7-5-11(18)6-8-12/h3-9H,2,10H2,1H3. The summed E-state index contributed by atoms with van der Waals surface area (Å²) in [5, 5.41) is 1.03. The Balaban J connectivity index is 2.22. The Morgan fingerprint density at radius 1 is 1.32 bits per heavy atom. The molecule has 25 heavy (non-hydrogen) atoms. The van der Waals surface area contributed by atoms with Gasteiger partial charge in [-0.15, -0.1) is 0 Å². The Labute approximate surface area is 152 Å². The van der Waals surface area contributed by atoms with Crippen LogP contribution in [0.3, 0.4) is 0 Å². The quantitative estimate of drug-likeness (QED) is 0.657. The molecule has 0 aliphatic rings. The van der Waals surface area contributed by atoms with Crippen LogP contribution in [0.1, 0.15) is 6.92 Å². The molecule has 0 saturated carbocycles. The normalized spacial score (nSPS) is 11.7. The molecule has 128 valence electrons. The number of carbonyl (C=O) groups excluding carboxylic acids is 1. The number of fused-ring (bicyclic) bond motifs is 1. The number of rotatable bonds is 4. The van der Waals surface area contributed by atoms with Crippen LogP contribution in [0.25, 0.3) is 10.2 Å². The van der Waals surface area contributed by atoms with Crippen molar-refractivity contribution in [2.45, 2.75) is 13.5 Å². The van der Waals surface area contributed by atoms with E-state index in [1.807, 2.05) is 0 Å². The van der Waals surface area contributed by atoms with Crippen LogP contribution in [0.5, 0.6) is 0 Å².